The van der Waals surface area contributed by atoms with E-state index in [0.717, 1.165) is 25.0 Å². The van der Waals surface area contributed by atoms with E-state index in [1.807, 2.05) is 31.2 Å². The molecule has 1 fully saturated rings. The number of rotatable bonds is 6. The zero-order valence-corrected chi connectivity index (χ0v) is 18.0. The maximum absolute atomic E-state index is 12.9. The van der Waals surface area contributed by atoms with Crippen molar-refractivity contribution in [3.05, 3.63) is 53.6 Å². The van der Waals surface area contributed by atoms with Crippen LogP contribution in [-0.4, -0.2) is 44.1 Å². The van der Waals surface area contributed by atoms with E-state index < -0.39 is 0 Å². The Morgan fingerprint density at radius 2 is 1.97 bits per heavy atom. The summed E-state index contributed by atoms with van der Waals surface area (Å²) < 4.78 is 11.0. The smallest absolute Gasteiger partial charge is 0.258 e. The number of ether oxygens (including phenoxy) is 2. The van der Waals surface area contributed by atoms with Crippen molar-refractivity contribution in [1.82, 2.24) is 5.32 Å². The van der Waals surface area contributed by atoms with E-state index in [0.29, 0.717) is 35.2 Å². The molecule has 3 rings (SSSR count). The lowest BCUT2D eigenvalue weighted by atomic mass is 10.1. The maximum Gasteiger partial charge on any atom is 0.258 e. The van der Waals surface area contributed by atoms with E-state index in [4.69, 9.17) is 9.47 Å². The average Bonchev–Trinajstić information content (AvgIpc) is 3.27. The van der Waals surface area contributed by atoms with Crippen LogP contribution in [0, 0.1) is 6.92 Å². The van der Waals surface area contributed by atoms with Crippen LogP contribution < -0.4 is 20.7 Å². The van der Waals surface area contributed by atoms with Gasteiger partial charge in [-0.05, 0) is 49.6 Å². The third-order valence-electron chi connectivity index (χ3n) is 4.88. The van der Waals surface area contributed by atoms with Crippen molar-refractivity contribution < 1.29 is 19.1 Å². The van der Waals surface area contributed by atoms with Gasteiger partial charge in [-0.2, -0.15) is 0 Å². The van der Waals surface area contributed by atoms with E-state index >= 15 is 0 Å². The minimum Gasteiger partial charge on any atom is -0.495 e. The molecule has 0 saturated carbocycles. The zero-order chi connectivity index (χ0) is 22.2. The summed E-state index contributed by atoms with van der Waals surface area (Å²) in [6, 6.07) is 12.5. The molecule has 2 aromatic carbocycles. The second kappa shape index (κ2) is 10.6. The third-order valence-corrected chi connectivity index (χ3v) is 4.88. The summed E-state index contributed by atoms with van der Waals surface area (Å²) in [5.41, 5.74) is 2.54. The molecule has 2 amide bonds. The summed E-state index contributed by atoms with van der Waals surface area (Å²) >= 11 is 0. The van der Waals surface area contributed by atoms with Crippen molar-refractivity contribution in [2.45, 2.75) is 32.8 Å². The number of nitrogens with one attached hydrogen (secondary N) is 3. The van der Waals surface area contributed by atoms with Crippen LogP contribution in [0.1, 0.15) is 35.7 Å². The van der Waals surface area contributed by atoms with Crippen molar-refractivity contribution in [3.63, 3.8) is 0 Å². The first-order valence-corrected chi connectivity index (χ1v) is 10.2. The molecule has 0 radical (unpaired) electrons. The highest BCUT2D eigenvalue weighted by Crippen LogP contribution is 2.23. The molecule has 1 heterocycles. The van der Waals surface area contributed by atoms with Gasteiger partial charge in [0.05, 0.1) is 25.4 Å². The molecule has 0 aliphatic carbocycles. The molecule has 1 saturated heterocycles. The van der Waals surface area contributed by atoms with Crippen molar-refractivity contribution in [1.29, 1.82) is 0 Å². The average molecular weight is 425 g/mol. The lowest BCUT2D eigenvalue weighted by Gasteiger charge is -2.16. The first kappa shape index (κ1) is 22.3. The van der Waals surface area contributed by atoms with E-state index in [1.165, 1.54) is 6.92 Å². The summed E-state index contributed by atoms with van der Waals surface area (Å²) in [5.74, 6) is 0.383. The van der Waals surface area contributed by atoms with Crippen LogP contribution in [-0.2, 0) is 9.53 Å². The van der Waals surface area contributed by atoms with Gasteiger partial charge in [0, 0.05) is 24.8 Å². The molecule has 1 aliphatic rings. The number of carbonyl (C=O) groups is 2. The van der Waals surface area contributed by atoms with Crippen molar-refractivity contribution in [3.8, 4) is 5.75 Å². The third kappa shape index (κ3) is 6.29. The highest BCUT2D eigenvalue weighted by atomic mass is 16.5. The summed E-state index contributed by atoms with van der Waals surface area (Å²) in [4.78, 5) is 28.9. The van der Waals surface area contributed by atoms with Gasteiger partial charge in [-0.1, -0.05) is 18.2 Å². The molecule has 1 aliphatic heterocycles. The van der Waals surface area contributed by atoms with Crippen molar-refractivity contribution in [2.75, 3.05) is 30.9 Å². The number of nitrogens with zero attached hydrogens (tertiary/aromatic N) is 1. The fraction of sp³-hybridized carbons (Fsp3) is 0.348. The van der Waals surface area contributed by atoms with Crippen LogP contribution in [0.2, 0.25) is 0 Å². The molecule has 8 heteroatoms. The summed E-state index contributed by atoms with van der Waals surface area (Å²) in [7, 11) is 1.58. The Balaban J connectivity index is 1.81. The zero-order valence-electron chi connectivity index (χ0n) is 18.0. The molecule has 8 nitrogen and oxygen atoms in total. The Morgan fingerprint density at radius 3 is 2.68 bits per heavy atom. The first-order chi connectivity index (χ1) is 15.0. The normalized spacial score (nSPS) is 16.0. The minimum atomic E-state index is -0.347. The number of hydrogen-bond donors (Lipinski definition) is 3. The van der Waals surface area contributed by atoms with Crippen LogP contribution in [0.5, 0.6) is 5.75 Å². The predicted molar refractivity (Wildman–Crippen MR) is 121 cm³/mol. The Kier molecular flexibility index (Phi) is 7.61. The number of para-hydroxylation sites is 2. The fourth-order valence-corrected chi connectivity index (χ4v) is 3.23. The SMILES string of the molecule is COc1ccccc1NC(=NC[C@H]1CCCO1)NC(=O)c1ccc(C)c(NC(C)=O)c1. The van der Waals surface area contributed by atoms with Gasteiger partial charge >= 0.3 is 0 Å². The Hall–Kier alpha value is -3.39. The molecule has 3 N–H and O–H groups in total. The number of aliphatic imine (C=N–C) groups is 1. The molecular weight excluding hydrogens is 396 g/mol. The highest BCUT2D eigenvalue weighted by Gasteiger charge is 2.17. The Bertz CT molecular complexity index is 968. The standard InChI is InChI=1S/C23H28N4O4/c1-15-10-11-17(13-20(15)25-16(2)28)22(29)27-23(24-14-18-7-6-12-31-18)26-19-8-4-5-9-21(19)30-3/h4-5,8-11,13,18H,6-7,12,14H2,1-3H3,(H,25,28)(H2,24,26,27,29)/t18-/m1/s1. The summed E-state index contributed by atoms with van der Waals surface area (Å²) in [5, 5.41) is 8.72. The maximum atomic E-state index is 12.9. The summed E-state index contributed by atoms with van der Waals surface area (Å²) in [6.07, 6.45) is 1.99. The van der Waals surface area contributed by atoms with E-state index in [9.17, 15) is 9.59 Å². The van der Waals surface area contributed by atoms with Crippen LogP contribution >= 0.6 is 0 Å². The predicted octanol–water partition coefficient (Wildman–Crippen LogP) is 3.34. The van der Waals surface area contributed by atoms with Gasteiger partial charge in [-0.3, -0.25) is 14.9 Å². The fourth-order valence-electron chi connectivity index (χ4n) is 3.23. The van der Waals surface area contributed by atoms with E-state index in [2.05, 4.69) is 20.9 Å². The molecule has 0 unspecified atom stereocenters. The molecule has 0 aromatic heterocycles. The van der Waals surface area contributed by atoms with Crippen LogP contribution in [0.25, 0.3) is 0 Å². The van der Waals surface area contributed by atoms with Crippen molar-refractivity contribution in [2.24, 2.45) is 4.99 Å². The molecule has 164 valence electrons. The topological polar surface area (TPSA) is 101 Å². The number of benzene rings is 2. The second-order valence-electron chi connectivity index (χ2n) is 7.31. The number of guanidine groups is 1. The van der Waals surface area contributed by atoms with Crippen LogP contribution in [0.4, 0.5) is 11.4 Å². The van der Waals surface area contributed by atoms with Gasteiger partial charge in [0.15, 0.2) is 0 Å². The number of hydrogen-bond acceptors (Lipinski definition) is 5. The molecule has 0 spiro atoms. The minimum absolute atomic E-state index is 0.0390. The van der Waals surface area contributed by atoms with E-state index in [1.54, 1.807) is 25.3 Å². The lowest BCUT2D eigenvalue weighted by Crippen LogP contribution is -2.37. The van der Waals surface area contributed by atoms with E-state index in [-0.39, 0.29) is 17.9 Å². The Morgan fingerprint density at radius 1 is 1.16 bits per heavy atom. The van der Waals surface area contributed by atoms with Gasteiger partial charge in [-0.25, -0.2) is 4.99 Å². The number of aryl methyl sites for hydroxylation is 1. The summed E-state index contributed by atoms with van der Waals surface area (Å²) in [6.45, 7) is 4.46. The number of methoxy groups -OCH3 is 1. The van der Waals surface area contributed by atoms with Gasteiger partial charge < -0.3 is 20.1 Å². The van der Waals surface area contributed by atoms with Crippen LogP contribution in [0.15, 0.2) is 47.5 Å². The first-order valence-electron chi connectivity index (χ1n) is 10.2. The Labute approximate surface area is 182 Å². The van der Waals surface area contributed by atoms with Crippen molar-refractivity contribution >= 4 is 29.1 Å². The van der Waals surface area contributed by atoms with Crippen LogP contribution in [0.3, 0.4) is 0 Å². The van der Waals surface area contributed by atoms with Gasteiger partial charge in [0.25, 0.3) is 5.91 Å². The number of anilines is 2. The largest absolute Gasteiger partial charge is 0.495 e. The van der Waals surface area contributed by atoms with Gasteiger partial charge in [0.1, 0.15) is 5.75 Å². The second-order valence-corrected chi connectivity index (χ2v) is 7.31. The monoisotopic (exact) mass is 424 g/mol. The highest BCUT2D eigenvalue weighted by molar-refractivity contribution is 6.10. The molecule has 31 heavy (non-hydrogen) atoms. The molecule has 0 bridgehead atoms. The number of amides is 2. The lowest BCUT2D eigenvalue weighted by molar-refractivity contribution is -0.114. The van der Waals surface area contributed by atoms with Gasteiger partial charge in [0.2, 0.25) is 11.9 Å². The molecule has 2 aromatic rings. The molecular formula is C23H28N4O4. The molecule has 1 atom stereocenters. The number of carbonyl (C=O) groups excluding carboxylic acids is 2. The quantitative estimate of drug-likeness (QED) is 0.488. The van der Waals surface area contributed by atoms with Gasteiger partial charge in [-0.15, -0.1) is 0 Å².